The third-order valence-corrected chi connectivity index (χ3v) is 6.54. The van der Waals surface area contributed by atoms with E-state index in [4.69, 9.17) is 4.74 Å². The number of urea groups is 1. The van der Waals surface area contributed by atoms with Gasteiger partial charge in [0, 0.05) is 17.8 Å². The smallest absolute Gasteiger partial charge is 0.319 e. The van der Waals surface area contributed by atoms with E-state index in [0.29, 0.717) is 37.4 Å². The Kier molecular flexibility index (Phi) is 9.78. The van der Waals surface area contributed by atoms with Gasteiger partial charge in [-0.15, -0.1) is 0 Å². The van der Waals surface area contributed by atoms with Gasteiger partial charge >= 0.3 is 6.03 Å². The summed E-state index contributed by atoms with van der Waals surface area (Å²) in [4.78, 5) is 22.5. The standard InChI is InChI=1S/C27H40N4O3/c1-7-26(3,4)20-10-15-24(23(18-20)27(5,6)8-2)34-17-9-16-28-25(33)30-21-11-13-22(14-12-21)31-29-19-32/h10-15,18-19,31H,7-9,16-17H2,1-6H3,(H,29,32)(H2,28,30,33). The minimum atomic E-state index is -0.273. The molecule has 34 heavy (non-hydrogen) atoms. The first-order valence-corrected chi connectivity index (χ1v) is 12.0. The maximum Gasteiger partial charge on any atom is 0.319 e. The lowest BCUT2D eigenvalue weighted by atomic mass is 9.76. The molecule has 186 valence electrons. The number of hydrogen-bond donors (Lipinski definition) is 4. The molecule has 0 atom stereocenters. The quantitative estimate of drug-likeness (QED) is 0.172. The Labute approximate surface area is 204 Å². The second-order valence-corrected chi connectivity index (χ2v) is 9.73. The Morgan fingerprint density at radius 2 is 1.59 bits per heavy atom. The Morgan fingerprint density at radius 3 is 2.21 bits per heavy atom. The zero-order valence-corrected chi connectivity index (χ0v) is 21.4. The van der Waals surface area contributed by atoms with E-state index in [0.717, 1.165) is 18.6 Å². The van der Waals surface area contributed by atoms with Crippen LogP contribution in [0.15, 0.2) is 42.5 Å². The van der Waals surface area contributed by atoms with Gasteiger partial charge in [0.15, 0.2) is 0 Å². The molecule has 0 spiro atoms. The molecule has 7 nitrogen and oxygen atoms in total. The summed E-state index contributed by atoms with van der Waals surface area (Å²) in [5.41, 5.74) is 9.15. The van der Waals surface area contributed by atoms with E-state index in [1.54, 1.807) is 24.3 Å². The van der Waals surface area contributed by atoms with Crippen LogP contribution in [0.4, 0.5) is 16.2 Å². The van der Waals surface area contributed by atoms with Crippen LogP contribution in [-0.2, 0) is 15.6 Å². The summed E-state index contributed by atoms with van der Waals surface area (Å²) in [5.74, 6) is 0.921. The average molecular weight is 469 g/mol. The van der Waals surface area contributed by atoms with E-state index in [9.17, 15) is 9.59 Å². The highest BCUT2D eigenvalue weighted by Gasteiger charge is 2.26. The van der Waals surface area contributed by atoms with Crippen molar-refractivity contribution in [2.75, 3.05) is 23.9 Å². The zero-order chi connectivity index (χ0) is 25.2. The first kappa shape index (κ1) is 27.0. The van der Waals surface area contributed by atoms with E-state index in [1.807, 2.05) is 0 Å². The molecule has 0 saturated carbocycles. The molecule has 2 aromatic rings. The molecule has 0 aliphatic heterocycles. The monoisotopic (exact) mass is 468 g/mol. The molecule has 7 heteroatoms. The van der Waals surface area contributed by atoms with Gasteiger partial charge in [-0.05, 0) is 66.0 Å². The average Bonchev–Trinajstić information content (AvgIpc) is 2.83. The second kappa shape index (κ2) is 12.3. The summed E-state index contributed by atoms with van der Waals surface area (Å²) in [6, 6.07) is 13.3. The lowest BCUT2D eigenvalue weighted by Gasteiger charge is -2.30. The Bertz CT molecular complexity index is 939. The lowest BCUT2D eigenvalue weighted by Crippen LogP contribution is -2.30. The van der Waals surface area contributed by atoms with Crippen molar-refractivity contribution in [3.05, 3.63) is 53.6 Å². The van der Waals surface area contributed by atoms with Crippen molar-refractivity contribution in [2.45, 2.75) is 71.6 Å². The molecule has 2 aromatic carbocycles. The number of anilines is 2. The number of amides is 3. The van der Waals surface area contributed by atoms with E-state index >= 15 is 0 Å². The fraction of sp³-hybridized carbons (Fsp3) is 0.481. The van der Waals surface area contributed by atoms with Crippen molar-refractivity contribution in [3.63, 3.8) is 0 Å². The molecule has 0 aliphatic rings. The highest BCUT2D eigenvalue weighted by molar-refractivity contribution is 5.89. The number of nitrogens with one attached hydrogen (secondary N) is 4. The summed E-state index contributed by atoms with van der Waals surface area (Å²) < 4.78 is 6.16. The molecular weight excluding hydrogens is 428 g/mol. The third kappa shape index (κ3) is 7.68. The molecule has 2 rings (SSSR count). The predicted molar refractivity (Wildman–Crippen MR) is 139 cm³/mol. The van der Waals surface area contributed by atoms with Crippen LogP contribution in [0.3, 0.4) is 0 Å². The summed E-state index contributed by atoms with van der Waals surface area (Å²) in [5, 5.41) is 5.64. The van der Waals surface area contributed by atoms with E-state index in [1.165, 1.54) is 11.1 Å². The number of hydrazine groups is 1. The van der Waals surface area contributed by atoms with Crippen LogP contribution in [0.2, 0.25) is 0 Å². The van der Waals surface area contributed by atoms with Gasteiger partial charge in [-0.1, -0.05) is 53.7 Å². The molecule has 0 aromatic heterocycles. The number of hydrogen-bond acceptors (Lipinski definition) is 4. The number of rotatable bonds is 13. The van der Waals surface area contributed by atoms with Crippen LogP contribution in [0.25, 0.3) is 0 Å². The van der Waals surface area contributed by atoms with Crippen LogP contribution in [-0.4, -0.2) is 25.6 Å². The van der Waals surface area contributed by atoms with E-state index in [-0.39, 0.29) is 16.9 Å². The van der Waals surface area contributed by atoms with Gasteiger partial charge < -0.3 is 15.4 Å². The molecule has 0 saturated heterocycles. The Hall–Kier alpha value is -3.22. The number of benzene rings is 2. The Balaban J connectivity index is 1.87. The SMILES string of the molecule is CCC(C)(C)c1ccc(OCCCNC(=O)Nc2ccc(NNC=O)cc2)c(C(C)(C)CC)c1. The van der Waals surface area contributed by atoms with Gasteiger partial charge in [0.1, 0.15) is 5.75 Å². The molecule has 0 unspecified atom stereocenters. The van der Waals surface area contributed by atoms with E-state index in [2.05, 4.69) is 81.2 Å². The van der Waals surface area contributed by atoms with Crippen molar-refractivity contribution in [3.8, 4) is 5.75 Å². The summed E-state index contributed by atoms with van der Waals surface area (Å²) in [6.45, 7) is 14.5. The number of ether oxygens (including phenoxy) is 1. The van der Waals surface area contributed by atoms with Crippen molar-refractivity contribution >= 4 is 23.8 Å². The van der Waals surface area contributed by atoms with Crippen molar-refractivity contribution in [2.24, 2.45) is 0 Å². The first-order chi connectivity index (χ1) is 16.1. The van der Waals surface area contributed by atoms with Crippen molar-refractivity contribution in [1.82, 2.24) is 10.7 Å². The van der Waals surface area contributed by atoms with Crippen LogP contribution in [0.5, 0.6) is 5.75 Å². The molecule has 0 heterocycles. The highest BCUT2D eigenvalue weighted by atomic mass is 16.5. The van der Waals surface area contributed by atoms with Crippen LogP contribution >= 0.6 is 0 Å². The topological polar surface area (TPSA) is 91.5 Å². The molecular formula is C27H40N4O3. The largest absolute Gasteiger partial charge is 0.493 e. The van der Waals surface area contributed by atoms with Gasteiger partial charge in [-0.2, -0.15) is 0 Å². The Morgan fingerprint density at radius 1 is 0.941 bits per heavy atom. The summed E-state index contributed by atoms with van der Waals surface area (Å²) in [6.07, 6.45) is 3.34. The predicted octanol–water partition coefficient (Wildman–Crippen LogP) is 5.73. The second-order valence-electron chi connectivity index (χ2n) is 9.73. The summed E-state index contributed by atoms with van der Waals surface area (Å²) in [7, 11) is 0. The first-order valence-electron chi connectivity index (χ1n) is 12.0. The molecule has 3 amide bonds. The minimum absolute atomic E-state index is 0.0155. The zero-order valence-electron chi connectivity index (χ0n) is 21.4. The third-order valence-electron chi connectivity index (χ3n) is 6.54. The van der Waals surface area contributed by atoms with Gasteiger partial charge in [0.2, 0.25) is 6.41 Å². The number of carbonyl (C=O) groups is 2. The van der Waals surface area contributed by atoms with Gasteiger partial charge in [-0.25, -0.2) is 4.79 Å². The van der Waals surface area contributed by atoms with Crippen LogP contribution < -0.4 is 26.2 Å². The summed E-state index contributed by atoms with van der Waals surface area (Å²) >= 11 is 0. The van der Waals surface area contributed by atoms with Gasteiger partial charge in [0.25, 0.3) is 0 Å². The molecule has 0 bridgehead atoms. The fourth-order valence-corrected chi connectivity index (χ4v) is 3.38. The van der Waals surface area contributed by atoms with Gasteiger partial charge in [-0.3, -0.25) is 15.6 Å². The fourth-order valence-electron chi connectivity index (χ4n) is 3.38. The molecule has 0 radical (unpaired) electrons. The minimum Gasteiger partial charge on any atom is -0.493 e. The maximum atomic E-state index is 12.1. The van der Waals surface area contributed by atoms with Crippen LogP contribution in [0.1, 0.15) is 71.9 Å². The van der Waals surface area contributed by atoms with Crippen molar-refractivity contribution < 1.29 is 14.3 Å². The van der Waals surface area contributed by atoms with Gasteiger partial charge in [0.05, 0.1) is 12.3 Å². The van der Waals surface area contributed by atoms with Crippen molar-refractivity contribution in [1.29, 1.82) is 0 Å². The number of carbonyl (C=O) groups excluding carboxylic acids is 2. The normalized spacial score (nSPS) is 11.5. The molecule has 4 N–H and O–H groups in total. The lowest BCUT2D eigenvalue weighted by molar-refractivity contribution is -0.109. The highest BCUT2D eigenvalue weighted by Crippen LogP contribution is 2.38. The molecule has 0 aliphatic carbocycles. The van der Waals surface area contributed by atoms with E-state index < -0.39 is 0 Å². The van der Waals surface area contributed by atoms with Crippen LogP contribution in [0, 0.1) is 0 Å². The molecule has 0 fully saturated rings. The maximum absolute atomic E-state index is 12.1.